The molecule has 0 aliphatic heterocycles. The van der Waals surface area contributed by atoms with E-state index in [1.165, 1.54) is 6.07 Å². The molecule has 1 atom stereocenters. The molecule has 1 amide bonds. The highest BCUT2D eigenvalue weighted by Gasteiger charge is 2.20. The van der Waals surface area contributed by atoms with Crippen molar-refractivity contribution in [2.24, 2.45) is 0 Å². The molecule has 0 aromatic carbocycles. The molecule has 1 radical (unpaired) electrons. The van der Waals surface area contributed by atoms with E-state index in [0.717, 1.165) is 25.0 Å². The van der Waals surface area contributed by atoms with Gasteiger partial charge in [-0.1, -0.05) is 0 Å². The Morgan fingerprint density at radius 3 is 3.14 bits per heavy atom. The van der Waals surface area contributed by atoms with E-state index >= 15 is 0 Å². The third-order valence-electron chi connectivity index (χ3n) is 3.86. The van der Waals surface area contributed by atoms with Gasteiger partial charge in [-0.15, -0.1) is 0 Å². The summed E-state index contributed by atoms with van der Waals surface area (Å²) < 4.78 is 13.6. The number of rotatable bonds is 4. The predicted octanol–water partition coefficient (Wildman–Crippen LogP) is 2.91. The summed E-state index contributed by atoms with van der Waals surface area (Å²) >= 11 is 0. The maximum absolute atomic E-state index is 13.6. The first-order chi connectivity index (χ1) is 10.6. The van der Waals surface area contributed by atoms with E-state index in [-0.39, 0.29) is 18.0 Å². The van der Waals surface area contributed by atoms with E-state index in [1.54, 1.807) is 13.0 Å². The molecule has 2 heterocycles. The molecule has 5 nitrogen and oxygen atoms in total. The molecular formula is C16H18FN4O. The fraction of sp³-hybridized carbons (Fsp3) is 0.375. The first-order valence-electron chi connectivity index (χ1n) is 7.40. The van der Waals surface area contributed by atoms with Crippen molar-refractivity contribution in [1.29, 1.82) is 0 Å². The van der Waals surface area contributed by atoms with Crippen molar-refractivity contribution in [3.63, 3.8) is 0 Å². The molecule has 2 aromatic heterocycles. The number of nitrogens with one attached hydrogen (secondary N) is 2. The van der Waals surface area contributed by atoms with Crippen LogP contribution in [-0.4, -0.2) is 21.1 Å². The van der Waals surface area contributed by atoms with Gasteiger partial charge in [0.25, 0.3) is 0 Å². The monoisotopic (exact) mass is 301 g/mol. The van der Waals surface area contributed by atoms with Crippen LogP contribution >= 0.6 is 0 Å². The van der Waals surface area contributed by atoms with Crippen LogP contribution < -0.4 is 5.32 Å². The Morgan fingerprint density at radius 2 is 2.36 bits per heavy atom. The van der Waals surface area contributed by atoms with Gasteiger partial charge in [0, 0.05) is 23.4 Å². The highest BCUT2D eigenvalue weighted by atomic mass is 19.1. The molecule has 1 aliphatic rings. The van der Waals surface area contributed by atoms with Crippen LogP contribution in [0.25, 0.3) is 0 Å². The maximum atomic E-state index is 13.6. The first kappa shape index (κ1) is 14.7. The third-order valence-corrected chi connectivity index (χ3v) is 3.86. The molecule has 0 bridgehead atoms. The van der Waals surface area contributed by atoms with Gasteiger partial charge < -0.3 is 5.32 Å². The van der Waals surface area contributed by atoms with Gasteiger partial charge in [-0.3, -0.25) is 14.9 Å². The number of carbonyl (C=O) groups excluding carboxylic acids is 1. The quantitative estimate of drug-likeness (QED) is 0.912. The van der Waals surface area contributed by atoms with Crippen molar-refractivity contribution in [3.8, 4) is 0 Å². The SMILES string of the molecule is Cc1ccc(F)c(CC(=O)Nc2cc([C@H]3C[CH]CC3)[nH]n2)n1. The summed E-state index contributed by atoms with van der Waals surface area (Å²) in [5.74, 6) is 0.131. The van der Waals surface area contributed by atoms with Crippen molar-refractivity contribution in [2.75, 3.05) is 5.32 Å². The summed E-state index contributed by atoms with van der Waals surface area (Å²) in [6.45, 7) is 1.76. The van der Waals surface area contributed by atoms with Crippen LogP contribution in [0.15, 0.2) is 18.2 Å². The van der Waals surface area contributed by atoms with Gasteiger partial charge in [-0.2, -0.15) is 5.10 Å². The minimum Gasteiger partial charge on any atom is -0.309 e. The Morgan fingerprint density at radius 1 is 1.50 bits per heavy atom. The summed E-state index contributed by atoms with van der Waals surface area (Å²) in [6, 6.07) is 4.76. The summed E-state index contributed by atoms with van der Waals surface area (Å²) in [4.78, 5) is 16.1. The van der Waals surface area contributed by atoms with Gasteiger partial charge in [0.2, 0.25) is 5.91 Å². The Kier molecular flexibility index (Phi) is 4.18. The molecule has 1 aliphatic carbocycles. The third kappa shape index (κ3) is 3.32. The number of carbonyl (C=O) groups is 1. The van der Waals surface area contributed by atoms with E-state index in [4.69, 9.17) is 0 Å². The van der Waals surface area contributed by atoms with E-state index in [2.05, 4.69) is 26.9 Å². The number of hydrogen-bond acceptors (Lipinski definition) is 3. The molecule has 3 rings (SSSR count). The van der Waals surface area contributed by atoms with Gasteiger partial charge >= 0.3 is 0 Å². The second-order valence-corrected chi connectivity index (χ2v) is 5.61. The molecule has 2 aromatic rings. The average molecular weight is 301 g/mol. The Hall–Kier alpha value is -2.24. The van der Waals surface area contributed by atoms with Crippen LogP contribution in [-0.2, 0) is 11.2 Å². The maximum Gasteiger partial charge on any atom is 0.231 e. The Bertz CT molecular complexity index is 677. The Balaban J connectivity index is 1.63. The van der Waals surface area contributed by atoms with Crippen molar-refractivity contribution < 1.29 is 9.18 Å². The Labute approximate surface area is 128 Å². The number of hydrogen-bond donors (Lipinski definition) is 2. The molecule has 1 fully saturated rings. The second-order valence-electron chi connectivity index (χ2n) is 5.61. The molecule has 6 heteroatoms. The zero-order chi connectivity index (χ0) is 15.5. The molecule has 22 heavy (non-hydrogen) atoms. The van der Waals surface area contributed by atoms with E-state index in [9.17, 15) is 9.18 Å². The summed E-state index contributed by atoms with van der Waals surface area (Å²) in [5.41, 5.74) is 1.87. The highest BCUT2D eigenvalue weighted by Crippen LogP contribution is 2.32. The van der Waals surface area contributed by atoms with Crippen LogP contribution in [0.4, 0.5) is 10.2 Å². The molecule has 2 N–H and O–H groups in total. The van der Waals surface area contributed by atoms with Crippen molar-refractivity contribution in [2.45, 2.75) is 38.5 Å². The van der Waals surface area contributed by atoms with E-state index in [1.807, 2.05) is 6.07 Å². The average Bonchev–Trinajstić information content (AvgIpc) is 3.13. The van der Waals surface area contributed by atoms with Crippen molar-refractivity contribution >= 4 is 11.7 Å². The lowest BCUT2D eigenvalue weighted by Gasteiger charge is -2.04. The number of aromatic nitrogens is 3. The van der Waals surface area contributed by atoms with Crippen molar-refractivity contribution in [3.05, 3.63) is 47.5 Å². The minimum atomic E-state index is -0.468. The topological polar surface area (TPSA) is 70.7 Å². The van der Waals surface area contributed by atoms with Crippen molar-refractivity contribution in [1.82, 2.24) is 15.2 Å². The standard InChI is InChI=1S/C16H18FN4O/c1-10-6-7-12(17)14(18-10)9-16(22)19-15-8-13(20-21-15)11-4-2-3-5-11/h2,6-8,11H,3-5,9H2,1H3,(H2,19,20,21,22)/t11-/m0/s1. The number of aromatic amines is 1. The highest BCUT2D eigenvalue weighted by molar-refractivity contribution is 5.91. The molecule has 1 saturated carbocycles. The summed E-state index contributed by atoms with van der Waals surface area (Å²) in [5, 5.41) is 9.74. The van der Waals surface area contributed by atoms with Gasteiger partial charge in [0.1, 0.15) is 5.82 Å². The van der Waals surface area contributed by atoms with Gasteiger partial charge in [0.05, 0.1) is 12.1 Å². The lowest BCUT2D eigenvalue weighted by atomic mass is 10.0. The smallest absolute Gasteiger partial charge is 0.231 e. The van der Waals surface area contributed by atoms with Gasteiger partial charge in [0.15, 0.2) is 5.82 Å². The number of nitrogens with zero attached hydrogens (tertiary/aromatic N) is 2. The largest absolute Gasteiger partial charge is 0.309 e. The molecule has 0 spiro atoms. The molecular weight excluding hydrogens is 283 g/mol. The zero-order valence-corrected chi connectivity index (χ0v) is 12.4. The molecule has 115 valence electrons. The van der Waals surface area contributed by atoms with Crippen LogP contribution in [0, 0.1) is 19.2 Å². The lowest BCUT2D eigenvalue weighted by Crippen LogP contribution is -2.16. The zero-order valence-electron chi connectivity index (χ0n) is 12.4. The van der Waals surface area contributed by atoms with E-state index < -0.39 is 5.82 Å². The first-order valence-corrected chi connectivity index (χ1v) is 7.40. The fourth-order valence-corrected chi connectivity index (χ4v) is 2.70. The predicted molar refractivity (Wildman–Crippen MR) is 80.7 cm³/mol. The number of anilines is 1. The minimum absolute atomic E-state index is 0.104. The van der Waals surface area contributed by atoms with Crippen LogP contribution in [0.1, 0.15) is 42.3 Å². The van der Waals surface area contributed by atoms with Crippen LogP contribution in [0.3, 0.4) is 0 Å². The molecule has 0 unspecified atom stereocenters. The molecule has 0 saturated heterocycles. The normalized spacial score (nSPS) is 15.2. The van der Waals surface area contributed by atoms with Gasteiger partial charge in [-0.25, -0.2) is 4.39 Å². The number of H-pyrrole nitrogens is 1. The van der Waals surface area contributed by atoms with E-state index in [0.29, 0.717) is 17.4 Å². The summed E-state index contributed by atoms with van der Waals surface area (Å²) in [6.07, 6.45) is 5.41. The number of halogens is 1. The fourth-order valence-electron chi connectivity index (χ4n) is 2.70. The number of pyridine rings is 1. The summed E-state index contributed by atoms with van der Waals surface area (Å²) in [7, 11) is 0. The van der Waals surface area contributed by atoms with Gasteiger partial charge in [-0.05, 0) is 44.7 Å². The van der Waals surface area contributed by atoms with Crippen LogP contribution in [0.2, 0.25) is 0 Å². The number of amides is 1. The lowest BCUT2D eigenvalue weighted by molar-refractivity contribution is -0.115. The number of aryl methyl sites for hydroxylation is 1. The second kappa shape index (κ2) is 6.25. The van der Waals surface area contributed by atoms with Crippen LogP contribution in [0.5, 0.6) is 0 Å².